The summed E-state index contributed by atoms with van der Waals surface area (Å²) < 4.78 is 17.8. The fraction of sp³-hybridized carbons (Fsp3) is 0.143. The number of nitrogen functional groups attached to an aromatic ring is 1. The molecular formula is C14H13FN2O3S. The van der Waals surface area contributed by atoms with Gasteiger partial charge in [0, 0.05) is 5.56 Å². The minimum atomic E-state index is -0.589. The highest BCUT2D eigenvalue weighted by molar-refractivity contribution is 7.12. The van der Waals surface area contributed by atoms with Gasteiger partial charge < -0.3 is 15.8 Å². The fourth-order valence-electron chi connectivity index (χ4n) is 1.71. The second kappa shape index (κ2) is 5.92. The smallest absolute Gasteiger partial charge is 0.350 e. The zero-order valence-corrected chi connectivity index (χ0v) is 12.2. The summed E-state index contributed by atoms with van der Waals surface area (Å²) in [6, 6.07) is 3.68. The van der Waals surface area contributed by atoms with Gasteiger partial charge in [0.2, 0.25) is 0 Å². The number of carbonyl (C=O) groups is 2. The maximum atomic E-state index is 13.1. The lowest BCUT2D eigenvalue weighted by molar-refractivity contribution is 0.0607. The van der Waals surface area contributed by atoms with E-state index in [9.17, 15) is 14.0 Å². The van der Waals surface area contributed by atoms with Gasteiger partial charge in [-0.1, -0.05) is 0 Å². The zero-order valence-electron chi connectivity index (χ0n) is 11.4. The lowest BCUT2D eigenvalue weighted by Crippen LogP contribution is -2.15. The molecule has 7 heteroatoms. The molecule has 2 rings (SSSR count). The Labute approximate surface area is 124 Å². The number of anilines is 2. The van der Waals surface area contributed by atoms with E-state index < -0.39 is 17.7 Å². The van der Waals surface area contributed by atoms with Gasteiger partial charge in [0.05, 0.1) is 18.5 Å². The molecule has 1 aromatic carbocycles. The number of hydrogen-bond acceptors (Lipinski definition) is 5. The summed E-state index contributed by atoms with van der Waals surface area (Å²) in [4.78, 5) is 24.1. The molecule has 1 heterocycles. The molecule has 1 aromatic heterocycles. The van der Waals surface area contributed by atoms with E-state index in [-0.39, 0.29) is 11.3 Å². The number of hydrogen-bond donors (Lipinski definition) is 2. The number of aryl methyl sites for hydroxylation is 1. The summed E-state index contributed by atoms with van der Waals surface area (Å²) in [7, 11) is 1.27. The monoisotopic (exact) mass is 308 g/mol. The highest BCUT2D eigenvalue weighted by Gasteiger charge is 2.19. The van der Waals surface area contributed by atoms with Crippen molar-refractivity contribution >= 4 is 34.6 Å². The summed E-state index contributed by atoms with van der Waals surface area (Å²) in [5.41, 5.74) is 6.65. The van der Waals surface area contributed by atoms with Crippen molar-refractivity contribution in [3.63, 3.8) is 0 Å². The molecule has 0 bridgehead atoms. The maximum absolute atomic E-state index is 13.1. The molecule has 0 fully saturated rings. The van der Waals surface area contributed by atoms with Gasteiger partial charge in [0.15, 0.2) is 0 Å². The highest BCUT2D eigenvalue weighted by atomic mass is 32.1. The van der Waals surface area contributed by atoms with Crippen LogP contribution in [0.3, 0.4) is 0 Å². The van der Waals surface area contributed by atoms with Gasteiger partial charge in [-0.3, -0.25) is 4.79 Å². The lowest BCUT2D eigenvalue weighted by Gasteiger charge is -2.08. The SMILES string of the molecule is COC(=O)c1scc(C)c1NC(=O)c1ccc(F)c(N)c1. The summed E-state index contributed by atoms with van der Waals surface area (Å²) in [6.07, 6.45) is 0. The van der Waals surface area contributed by atoms with Gasteiger partial charge in [0.25, 0.3) is 5.91 Å². The molecule has 5 nitrogen and oxygen atoms in total. The molecular weight excluding hydrogens is 295 g/mol. The number of thiophene rings is 1. The van der Waals surface area contributed by atoms with Gasteiger partial charge in [-0.25, -0.2) is 9.18 Å². The molecule has 0 aliphatic rings. The van der Waals surface area contributed by atoms with E-state index in [0.717, 1.165) is 11.6 Å². The van der Waals surface area contributed by atoms with Crippen molar-refractivity contribution in [2.75, 3.05) is 18.2 Å². The Kier molecular flexibility index (Phi) is 4.23. The van der Waals surface area contributed by atoms with Gasteiger partial charge in [-0.15, -0.1) is 11.3 Å². The van der Waals surface area contributed by atoms with E-state index in [1.807, 2.05) is 0 Å². The van der Waals surface area contributed by atoms with Crippen molar-refractivity contribution in [1.82, 2.24) is 0 Å². The van der Waals surface area contributed by atoms with Crippen molar-refractivity contribution in [3.8, 4) is 0 Å². The first kappa shape index (κ1) is 15.0. The Morgan fingerprint density at radius 1 is 1.38 bits per heavy atom. The van der Waals surface area contributed by atoms with E-state index in [1.165, 1.54) is 30.6 Å². The fourth-order valence-corrected chi connectivity index (χ4v) is 2.64. The number of nitrogens with one attached hydrogen (secondary N) is 1. The summed E-state index contributed by atoms with van der Waals surface area (Å²) >= 11 is 1.18. The van der Waals surface area contributed by atoms with E-state index in [4.69, 9.17) is 5.73 Å². The Hall–Kier alpha value is -2.41. The standard InChI is InChI=1S/C14H13FN2O3S/c1-7-6-21-12(14(19)20-2)11(7)17-13(18)8-3-4-9(15)10(16)5-8/h3-6H,16H2,1-2H3,(H,17,18). The molecule has 0 aliphatic heterocycles. The van der Waals surface area contributed by atoms with Crippen LogP contribution >= 0.6 is 11.3 Å². The van der Waals surface area contributed by atoms with Crippen LogP contribution in [0.5, 0.6) is 0 Å². The second-order valence-electron chi connectivity index (χ2n) is 4.30. The molecule has 0 saturated heterocycles. The van der Waals surface area contributed by atoms with Crippen LogP contribution in [-0.2, 0) is 4.74 Å². The van der Waals surface area contributed by atoms with Crippen LogP contribution in [-0.4, -0.2) is 19.0 Å². The number of methoxy groups -OCH3 is 1. The number of halogens is 1. The third kappa shape index (κ3) is 3.03. The first-order valence-corrected chi connectivity index (χ1v) is 6.84. The van der Waals surface area contributed by atoms with Gasteiger partial charge in [-0.05, 0) is 36.1 Å². The first-order valence-electron chi connectivity index (χ1n) is 5.96. The van der Waals surface area contributed by atoms with E-state index in [2.05, 4.69) is 10.1 Å². The van der Waals surface area contributed by atoms with E-state index in [0.29, 0.717) is 10.6 Å². The minimum absolute atomic E-state index is 0.113. The molecule has 21 heavy (non-hydrogen) atoms. The van der Waals surface area contributed by atoms with E-state index >= 15 is 0 Å². The number of amides is 1. The molecule has 0 spiro atoms. The lowest BCUT2D eigenvalue weighted by atomic mass is 10.1. The van der Waals surface area contributed by atoms with Crippen molar-refractivity contribution in [2.24, 2.45) is 0 Å². The first-order chi connectivity index (χ1) is 9.93. The number of nitrogens with two attached hydrogens (primary N) is 1. The molecule has 3 N–H and O–H groups in total. The summed E-state index contributed by atoms with van der Waals surface area (Å²) in [5.74, 6) is -1.59. The summed E-state index contributed by atoms with van der Waals surface area (Å²) in [5, 5.41) is 4.37. The minimum Gasteiger partial charge on any atom is -0.465 e. The topological polar surface area (TPSA) is 81.4 Å². The van der Waals surface area contributed by atoms with Crippen molar-refractivity contribution in [2.45, 2.75) is 6.92 Å². The number of benzene rings is 1. The van der Waals surface area contributed by atoms with Crippen LogP contribution in [0, 0.1) is 12.7 Å². The number of ether oxygens (including phenoxy) is 1. The number of carbonyl (C=O) groups excluding carboxylic acids is 2. The van der Waals surface area contributed by atoms with Crippen molar-refractivity contribution in [1.29, 1.82) is 0 Å². The van der Waals surface area contributed by atoms with Crippen LogP contribution in [0.15, 0.2) is 23.6 Å². The largest absolute Gasteiger partial charge is 0.465 e. The molecule has 0 atom stereocenters. The van der Waals surface area contributed by atoms with Gasteiger partial charge in [-0.2, -0.15) is 0 Å². The van der Waals surface area contributed by atoms with Crippen LogP contribution in [0.25, 0.3) is 0 Å². The molecule has 0 aliphatic carbocycles. The molecule has 2 aromatic rings. The average molecular weight is 308 g/mol. The van der Waals surface area contributed by atoms with Crippen molar-refractivity contribution in [3.05, 3.63) is 45.4 Å². The second-order valence-corrected chi connectivity index (χ2v) is 5.18. The summed E-state index contributed by atoms with van der Waals surface area (Å²) in [6.45, 7) is 1.76. The maximum Gasteiger partial charge on any atom is 0.350 e. The predicted molar refractivity (Wildman–Crippen MR) is 79.2 cm³/mol. The molecule has 0 unspecified atom stereocenters. The quantitative estimate of drug-likeness (QED) is 0.675. The highest BCUT2D eigenvalue weighted by Crippen LogP contribution is 2.29. The number of esters is 1. The zero-order chi connectivity index (χ0) is 15.6. The molecule has 0 saturated carbocycles. The van der Waals surface area contributed by atoms with Crippen LogP contribution in [0.2, 0.25) is 0 Å². The average Bonchev–Trinajstić information content (AvgIpc) is 2.82. The number of rotatable bonds is 3. The van der Waals surface area contributed by atoms with E-state index in [1.54, 1.807) is 12.3 Å². The molecule has 1 amide bonds. The van der Waals surface area contributed by atoms with Crippen LogP contribution in [0.1, 0.15) is 25.6 Å². The normalized spacial score (nSPS) is 10.2. The van der Waals surface area contributed by atoms with Crippen LogP contribution < -0.4 is 11.1 Å². The Bertz CT molecular complexity index is 712. The van der Waals surface area contributed by atoms with Crippen LogP contribution in [0.4, 0.5) is 15.8 Å². The molecule has 0 radical (unpaired) electrons. The van der Waals surface area contributed by atoms with Gasteiger partial charge in [0.1, 0.15) is 10.7 Å². The predicted octanol–water partition coefficient (Wildman–Crippen LogP) is 2.82. The Morgan fingerprint density at radius 3 is 2.71 bits per heavy atom. The Balaban J connectivity index is 2.29. The van der Waals surface area contributed by atoms with Crippen molar-refractivity contribution < 1.29 is 18.7 Å². The van der Waals surface area contributed by atoms with Gasteiger partial charge >= 0.3 is 5.97 Å². The molecule has 110 valence electrons. The third-order valence-electron chi connectivity index (χ3n) is 2.84. The Morgan fingerprint density at radius 2 is 2.10 bits per heavy atom. The third-order valence-corrected chi connectivity index (χ3v) is 3.92.